The summed E-state index contributed by atoms with van der Waals surface area (Å²) in [5, 5.41) is 0. The molecule has 0 fully saturated rings. The van der Waals surface area contributed by atoms with Crippen LogP contribution in [0.2, 0.25) is 0 Å². The molecule has 0 spiro atoms. The molecule has 0 saturated heterocycles. The van der Waals surface area contributed by atoms with Crippen LogP contribution in [0.25, 0.3) is 0 Å². The lowest BCUT2D eigenvalue weighted by molar-refractivity contribution is -0.286. The van der Waals surface area contributed by atoms with Crippen LogP contribution in [-0.2, 0) is 6.42 Å². The average Bonchev–Trinajstić information content (AvgIpc) is 2.38. The predicted octanol–water partition coefficient (Wildman–Crippen LogP) is 1.93. The molecule has 0 aliphatic carbocycles. The van der Waals surface area contributed by atoms with Gasteiger partial charge in [0.2, 0.25) is 0 Å². The summed E-state index contributed by atoms with van der Waals surface area (Å²) in [6.07, 6.45) is -2.91. The van der Waals surface area contributed by atoms with Gasteiger partial charge in [-0.25, -0.2) is 0 Å². The van der Waals surface area contributed by atoms with E-state index in [0.717, 1.165) is 5.56 Å². The maximum Gasteiger partial charge on any atom is 0.586 e. The molecule has 1 aromatic carbocycles. The molecule has 2 N–H and O–H groups in total. The quantitative estimate of drug-likeness (QED) is 0.855. The van der Waals surface area contributed by atoms with E-state index in [4.69, 9.17) is 5.73 Å². The second kappa shape index (κ2) is 4.20. The highest BCUT2D eigenvalue weighted by molar-refractivity contribution is 5.85. The first-order valence-corrected chi connectivity index (χ1v) is 4.19. The maximum absolute atomic E-state index is 12.6. The minimum Gasteiger partial charge on any atom is -0.395 e. The Hall–Kier alpha value is -1.07. The Kier molecular flexibility index (Phi) is 3.36. The van der Waals surface area contributed by atoms with Gasteiger partial charge < -0.3 is 15.2 Å². The van der Waals surface area contributed by atoms with Crippen LogP contribution in [-0.4, -0.2) is 12.8 Å². The molecule has 6 heteroatoms. The Labute approximate surface area is 91.6 Å². The summed E-state index contributed by atoms with van der Waals surface area (Å²) in [7, 11) is 0. The number of rotatable bonds is 2. The molecular weight excluding hydrogens is 228 g/mol. The van der Waals surface area contributed by atoms with E-state index < -0.39 is 6.29 Å². The van der Waals surface area contributed by atoms with E-state index in [1.807, 2.05) is 0 Å². The largest absolute Gasteiger partial charge is 0.586 e. The molecular formula is C9H10ClF2NO2. The zero-order valence-corrected chi connectivity index (χ0v) is 8.52. The van der Waals surface area contributed by atoms with Crippen molar-refractivity contribution in [2.24, 2.45) is 5.73 Å². The molecule has 1 aliphatic rings. The lowest BCUT2D eigenvalue weighted by Crippen LogP contribution is -2.25. The summed E-state index contributed by atoms with van der Waals surface area (Å²) in [6, 6.07) is 4.67. The first kappa shape index (κ1) is 12.0. The zero-order chi connectivity index (χ0) is 10.2. The van der Waals surface area contributed by atoms with Crippen molar-refractivity contribution in [1.29, 1.82) is 0 Å². The van der Waals surface area contributed by atoms with Crippen molar-refractivity contribution >= 4 is 12.4 Å². The van der Waals surface area contributed by atoms with Gasteiger partial charge in [0, 0.05) is 0 Å². The van der Waals surface area contributed by atoms with Gasteiger partial charge in [-0.3, -0.25) is 0 Å². The first-order chi connectivity index (χ1) is 6.61. The summed E-state index contributed by atoms with van der Waals surface area (Å²) in [6.45, 7) is 0.468. The molecule has 1 aliphatic heterocycles. The van der Waals surface area contributed by atoms with Gasteiger partial charge in [0.25, 0.3) is 0 Å². The maximum atomic E-state index is 12.6. The number of benzene rings is 1. The molecule has 0 unspecified atom stereocenters. The van der Waals surface area contributed by atoms with Crippen molar-refractivity contribution in [1.82, 2.24) is 0 Å². The molecule has 0 amide bonds. The fourth-order valence-electron chi connectivity index (χ4n) is 1.32. The smallest absolute Gasteiger partial charge is 0.395 e. The van der Waals surface area contributed by atoms with Crippen LogP contribution >= 0.6 is 12.4 Å². The molecule has 0 bridgehead atoms. The number of fused-ring (bicyclic) bond motifs is 1. The lowest BCUT2D eigenvalue weighted by atomic mass is 10.1. The monoisotopic (exact) mass is 237 g/mol. The molecule has 15 heavy (non-hydrogen) atoms. The topological polar surface area (TPSA) is 44.5 Å². The van der Waals surface area contributed by atoms with Crippen LogP contribution in [0.4, 0.5) is 8.78 Å². The van der Waals surface area contributed by atoms with E-state index in [1.54, 1.807) is 6.07 Å². The van der Waals surface area contributed by atoms with Gasteiger partial charge in [-0.15, -0.1) is 21.2 Å². The second-order valence-electron chi connectivity index (χ2n) is 2.99. The Morgan fingerprint density at radius 1 is 1.20 bits per heavy atom. The van der Waals surface area contributed by atoms with Crippen LogP contribution in [0, 0.1) is 0 Å². The van der Waals surface area contributed by atoms with Crippen molar-refractivity contribution in [2.75, 3.05) is 6.54 Å². The summed E-state index contributed by atoms with van der Waals surface area (Å²) in [4.78, 5) is 0. The van der Waals surface area contributed by atoms with Gasteiger partial charge in [-0.05, 0) is 30.7 Å². The van der Waals surface area contributed by atoms with Crippen molar-refractivity contribution in [3.05, 3.63) is 23.8 Å². The van der Waals surface area contributed by atoms with E-state index in [-0.39, 0.29) is 23.9 Å². The van der Waals surface area contributed by atoms with Gasteiger partial charge in [0.1, 0.15) is 0 Å². The van der Waals surface area contributed by atoms with Crippen LogP contribution in [0.1, 0.15) is 5.56 Å². The van der Waals surface area contributed by atoms with Gasteiger partial charge in [0.15, 0.2) is 11.5 Å². The predicted molar refractivity (Wildman–Crippen MR) is 52.7 cm³/mol. The standard InChI is InChI=1S/C9H9F2NO2.ClH/c10-9(11)13-7-2-1-6(3-4-12)5-8(7)14-9;/h1-2,5H,3-4,12H2;1H. The van der Waals surface area contributed by atoms with E-state index in [1.165, 1.54) is 12.1 Å². The molecule has 1 aromatic rings. The molecule has 0 radical (unpaired) electrons. The zero-order valence-electron chi connectivity index (χ0n) is 7.70. The molecule has 3 nitrogen and oxygen atoms in total. The number of ether oxygens (including phenoxy) is 2. The van der Waals surface area contributed by atoms with Crippen LogP contribution in [0.3, 0.4) is 0 Å². The summed E-state index contributed by atoms with van der Waals surface area (Å²) in [5.74, 6) is 0.136. The molecule has 84 valence electrons. The normalized spacial score (nSPS) is 15.9. The number of halogens is 3. The first-order valence-electron chi connectivity index (χ1n) is 4.19. The number of nitrogens with two attached hydrogens (primary N) is 1. The second-order valence-corrected chi connectivity index (χ2v) is 2.99. The summed E-state index contributed by atoms with van der Waals surface area (Å²) in [5.41, 5.74) is 6.19. The third-order valence-electron chi connectivity index (χ3n) is 1.90. The highest BCUT2D eigenvalue weighted by Gasteiger charge is 2.43. The van der Waals surface area contributed by atoms with Gasteiger partial charge in [0.05, 0.1) is 0 Å². The van der Waals surface area contributed by atoms with Crippen molar-refractivity contribution < 1.29 is 18.3 Å². The lowest BCUT2D eigenvalue weighted by Gasteiger charge is -2.04. The van der Waals surface area contributed by atoms with Gasteiger partial charge in [-0.1, -0.05) is 6.07 Å². The van der Waals surface area contributed by atoms with Crippen LogP contribution in [0.5, 0.6) is 11.5 Å². The van der Waals surface area contributed by atoms with Crippen molar-refractivity contribution in [3.8, 4) is 11.5 Å². The third kappa shape index (κ3) is 2.49. The van der Waals surface area contributed by atoms with E-state index in [2.05, 4.69) is 9.47 Å². The van der Waals surface area contributed by atoms with E-state index in [9.17, 15) is 8.78 Å². The van der Waals surface area contributed by atoms with E-state index in [0.29, 0.717) is 13.0 Å². The van der Waals surface area contributed by atoms with Crippen molar-refractivity contribution in [2.45, 2.75) is 12.7 Å². The SMILES string of the molecule is Cl.NCCc1ccc2c(c1)OC(F)(F)O2. The Morgan fingerprint density at radius 2 is 1.87 bits per heavy atom. The molecule has 0 aromatic heterocycles. The van der Waals surface area contributed by atoms with Crippen molar-refractivity contribution in [3.63, 3.8) is 0 Å². The molecule has 1 heterocycles. The van der Waals surface area contributed by atoms with E-state index >= 15 is 0 Å². The van der Waals surface area contributed by atoms with Crippen LogP contribution in [0.15, 0.2) is 18.2 Å². The molecule has 0 saturated carbocycles. The summed E-state index contributed by atoms with van der Waals surface area (Å²) >= 11 is 0. The Morgan fingerprint density at radius 3 is 2.53 bits per heavy atom. The Bertz CT molecular complexity index is 360. The fraction of sp³-hybridized carbons (Fsp3) is 0.333. The van der Waals surface area contributed by atoms with Gasteiger partial charge >= 0.3 is 6.29 Å². The Balaban J connectivity index is 0.00000112. The summed E-state index contributed by atoms with van der Waals surface area (Å²) < 4.78 is 33.7. The number of hydrogen-bond donors (Lipinski definition) is 1. The van der Waals surface area contributed by atoms with Crippen LogP contribution < -0.4 is 15.2 Å². The van der Waals surface area contributed by atoms with Gasteiger partial charge in [-0.2, -0.15) is 0 Å². The average molecular weight is 238 g/mol. The number of alkyl halides is 2. The number of hydrogen-bond acceptors (Lipinski definition) is 3. The third-order valence-corrected chi connectivity index (χ3v) is 1.90. The fourth-order valence-corrected chi connectivity index (χ4v) is 1.32. The molecule has 2 rings (SSSR count). The minimum atomic E-state index is -3.54. The molecule has 0 atom stereocenters. The highest BCUT2D eigenvalue weighted by atomic mass is 35.5. The highest BCUT2D eigenvalue weighted by Crippen LogP contribution is 2.41. The minimum absolute atomic E-state index is 0.